The van der Waals surface area contributed by atoms with Crippen molar-refractivity contribution < 1.29 is 0 Å². The van der Waals surface area contributed by atoms with Crippen molar-refractivity contribution in [2.75, 3.05) is 0 Å². The molecule has 0 fully saturated rings. The Morgan fingerprint density at radius 3 is 1.92 bits per heavy atom. The van der Waals surface area contributed by atoms with Crippen LogP contribution < -0.4 is 0 Å². The molecule has 0 spiro atoms. The molecule has 0 saturated carbocycles. The fourth-order valence-electron chi connectivity index (χ4n) is 8.01. The molecule has 7 aromatic carbocycles. The lowest BCUT2D eigenvalue weighted by atomic mass is 10.0. The highest BCUT2D eigenvalue weighted by Crippen LogP contribution is 2.41. The summed E-state index contributed by atoms with van der Waals surface area (Å²) in [6.45, 7) is 0. The highest BCUT2D eigenvalue weighted by atomic mass is 15.2. The van der Waals surface area contributed by atoms with Crippen LogP contribution in [0.15, 0.2) is 170 Å². The minimum Gasteiger partial charge on any atom is -0.309 e. The molecule has 4 heterocycles. The molecule has 52 heavy (non-hydrogen) atoms. The molecule has 0 aliphatic rings. The van der Waals surface area contributed by atoms with E-state index in [9.17, 15) is 0 Å². The van der Waals surface area contributed by atoms with Gasteiger partial charge in [0.05, 0.1) is 22.1 Å². The van der Waals surface area contributed by atoms with Crippen LogP contribution in [0.1, 0.15) is 0 Å². The molecule has 0 saturated heterocycles. The van der Waals surface area contributed by atoms with Crippen molar-refractivity contribution in [1.29, 1.82) is 0 Å². The fraction of sp³-hybridized carbons (Fsp3) is 0. The molecule has 0 unspecified atom stereocenters. The maximum atomic E-state index is 5.04. The summed E-state index contributed by atoms with van der Waals surface area (Å²) in [5, 5.41) is 17.0. The predicted molar refractivity (Wildman–Crippen MR) is 212 cm³/mol. The van der Waals surface area contributed by atoms with Gasteiger partial charge < -0.3 is 4.57 Å². The van der Waals surface area contributed by atoms with Crippen LogP contribution in [-0.4, -0.2) is 29.3 Å². The average molecular weight is 665 g/mol. The van der Waals surface area contributed by atoms with Crippen LogP contribution in [0, 0.1) is 0 Å². The monoisotopic (exact) mass is 664 g/mol. The molecular weight excluding hydrogens is 637 g/mol. The van der Waals surface area contributed by atoms with Gasteiger partial charge in [-0.15, -0.1) is 10.2 Å². The van der Waals surface area contributed by atoms with Crippen molar-refractivity contribution in [2.24, 2.45) is 0 Å². The van der Waals surface area contributed by atoms with Gasteiger partial charge in [0.2, 0.25) is 0 Å². The number of hydrogen-bond acceptors (Lipinski definition) is 4. The molecule has 11 aromatic rings. The number of rotatable bonds is 4. The Labute approximate surface area is 297 Å². The van der Waals surface area contributed by atoms with Crippen LogP contribution in [0.3, 0.4) is 0 Å². The van der Waals surface area contributed by atoms with Crippen LogP contribution in [0.5, 0.6) is 0 Å². The predicted octanol–water partition coefficient (Wildman–Crippen LogP) is 11.1. The topological polar surface area (TPSA) is 61.4 Å². The molecule has 0 aliphatic carbocycles. The number of nitrogens with zero attached hydrogens (tertiary/aromatic N) is 6. The Kier molecular flexibility index (Phi) is 6.15. The first-order chi connectivity index (χ1) is 25.8. The van der Waals surface area contributed by atoms with E-state index in [2.05, 4.69) is 161 Å². The third-order valence-corrected chi connectivity index (χ3v) is 10.3. The van der Waals surface area contributed by atoms with Crippen LogP contribution in [0.2, 0.25) is 0 Å². The summed E-state index contributed by atoms with van der Waals surface area (Å²) >= 11 is 0. The first kappa shape index (κ1) is 28.6. The van der Waals surface area contributed by atoms with Crippen LogP contribution in [0.4, 0.5) is 0 Å². The first-order valence-corrected chi connectivity index (χ1v) is 17.4. The molecule has 6 heteroatoms. The Balaban J connectivity index is 1.20. The van der Waals surface area contributed by atoms with E-state index in [1.807, 2.05) is 6.07 Å². The second-order valence-corrected chi connectivity index (χ2v) is 13.2. The lowest BCUT2D eigenvalue weighted by Gasteiger charge is -2.12. The molecular formula is C46H28N6. The standard InChI is InChI=1S/C46H28N6/c1-3-12-29(13-4-1)32-22-23-39-36(27-32)37-26-30-14-7-8-15-31(30)28-41(37)52(39)46-45-44(47-24-25-48-45)43(49-50-46)35-19-11-21-40-42(35)34-18-9-10-20-38(34)51(40)33-16-5-2-6-17-33/h1-28H. The number of aromatic nitrogens is 6. The third-order valence-electron chi connectivity index (χ3n) is 10.3. The second-order valence-electron chi connectivity index (χ2n) is 13.2. The number of fused-ring (bicyclic) bond motifs is 8. The van der Waals surface area contributed by atoms with Gasteiger partial charge in [-0.3, -0.25) is 9.55 Å². The van der Waals surface area contributed by atoms with E-state index in [0.29, 0.717) is 22.5 Å². The molecule has 0 bridgehead atoms. The van der Waals surface area contributed by atoms with E-state index in [4.69, 9.17) is 20.2 Å². The van der Waals surface area contributed by atoms with Crippen LogP contribution in [-0.2, 0) is 0 Å². The summed E-state index contributed by atoms with van der Waals surface area (Å²) in [4.78, 5) is 9.93. The molecule has 0 aliphatic heterocycles. The summed E-state index contributed by atoms with van der Waals surface area (Å²) in [5.74, 6) is 0.647. The van der Waals surface area contributed by atoms with Gasteiger partial charge in [-0.2, -0.15) is 0 Å². The minimum atomic E-state index is 0.647. The quantitative estimate of drug-likeness (QED) is 0.188. The van der Waals surface area contributed by atoms with E-state index >= 15 is 0 Å². The number of para-hydroxylation sites is 2. The highest BCUT2D eigenvalue weighted by molar-refractivity contribution is 6.18. The van der Waals surface area contributed by atoms with Gasteiger partial charge in [-0.25, -0.2) is 4.98 Å². The molecule has 0 atom stereocenters. The van der Waals surface area contributed by atoms with Crippen molar-refractivity contribution in [3.05, 3.63) is 170 Å². The Hall–Kier alpha value is -7.18. The van der Waals surface area contributed by atoms with Crippen molar-refractivity contribution >= 4 is 65.4 Å². The number of benzene rings is 7. The third kappa shape index (κ3) is 4.18. The minimum absolute atomic E-state index is 0.647. The zero-order chi connectivity index (χ0) is 34.2. The van der Waals surface area contributed by atoms with Crippen molar-refractivity contribution in [3.8, 4) is 33.9 Å². The van der Waals surface area contributed by atoms with Gasteiger partial charge in [0, 0.05) is 45.2 Å². The molecule has 11 rings (SSSR count). The smallest absolute Gasteiger partial charge is 0.188 e. The largest absolute Gasteiger partial charge is 0.309 e. The van der Waals surface area contributed by atoms with Crippen LogP contribution in [0.25, 0.3) is 99.3 Å². The maximum Gasteiger partial charge on any atom is 0.188 e. The Bertz CT molecular complexity index is 3180. The summed E-state index contributed by atoms with van der Waals surface area (Å²) in [6, 6.07) is 55.7. The normalized spacial score (nSPS) is 11.8. The lowest BCUT2D eigenvalue weighted by Crippen LogP contribution is -2.05. The number of hydrogen-bond donors (Lipinski definition) is 0. The van der Waals surface area contributed by atoms with Crippen molar-refractivity contribution in [3.63, 3.8) is 0 Å². The van der Waals surface area contributed by atoms with Gasteiger partial charge in [0.1, 0.15) is 16.7 Å². The van der Waals surface area contributed by atoms with E-state index < -0.39 is 0 Å². The van der Waals surface area contributed by atoms with E-state index in [-0.39, 0.29) is 0 Å². The Morgan fingerprint density at radius 2 is 1.08 bits per heavy atom. The van der Waals surface area contributed by atoms with Crippen LogP contribution >= 0.6 is 0 Å². The molecule has 0 amide bonds. The highest BCUT2D eigenvalue weighted by Gasteiger charge is 2.23. The molecule has 4 aromatic heterocycles. The lowest BCUT2D eigenvalue weighted by molar-refractivity contribution is 0.965. The summed E-state index contributed by atoms with van der Waals surface area (Å²) in [5.41, 5.74) is 10.8. The van der Waals surface area contributed by atoms with E-state index in [0.717, 1.165) is 65.8 Å². The van der Waals surface area contributed by atoms with Gasteiger partial charge in [-0.05, 0) is 70.4 Å². The SMILES string of the molecule is c1ccc(-c2ccc3c(c2)c2cc4ccccc4cc2n3-c2nnc(-c3cccc4c3c3ccccc3n4-c3ccccc3)c3nccnc23)cc1. The molecule has 0 N–H and O–H groups in total. The Morgan fingerprint density at radius 1 is 0.404 bits per heavy atom. The zero-order valence-electron chi connectivity index (χ0n) is 27.8. The summed E-state index contributed by atoms with van der Waals surface area (Å²) < 4.78 is 4.53. The summed E-state index contributed by atoms with van der Waals surface area (Å²) in [6.07, 6.45) is 3.49. The molecule has 242 valence electrons. The van der Waals surface area contributed by atoms with Gasteiger partial charge in [-0.1, -0.05) is 109 Å². The molecule has 0 radical (unpaired) electrons. The molecule has 6 nitrogen and oxygen atoms in total. The van der Waals surface area contributed by atoms with Gasteiger partial charge in [0.25, 0.3) is 0 Å². The van der Waals surface area contributed by atoms with Gasteiger partial charge >= 0.3 is 0 Å². The zero-order valence-corrected chi connectivity index (χ0v) is 27.8. The van der Waals surface area contributed by atoms with Gasteiger partial charge in [0.15, 0.2) is 5.82 Å². The van der Waals surface area contributed by atoms with E-state index in [1.54, 1.807) is 12.4 Å². The average Bonchev–Trinajstić information content (AvgIpc) is 3.72. The maximum absolute atomic E-state index is 5.04. The first-order valence-electron chi connectivity index (χ1n) is 17.4. The van der Waals surface area contributed by atoms with Crippen molar-refractivity contribution in [2.45, 2.75) is 0 Å². The second kappa shape index (κ2) is 11.2. The van der Waals surface area contributed by atoms with E-state index in [1.165, 1.54) is 10.9 Å². The fourth-order valence-corrected chi connectivity index (χ4v) is 8.01. The van der Waals surface area contributed by atoms with Crippen molar-refractivity contribution in [1.82, 2.24) is 29.3 Å². The summed E-state index contributed by atoms with van der Waals surface area (Å²) in [7, 11) is 0.